The zero-order chi connectivity index (χ0) is 51.9. The van der Waals surface area contributed by atoms with Gasteiger partial charge >= 0.3 is 0 Å². The topological polar surface area (TPSA) is 9.72 Å². The minimum Gasteiger partial charge on any atom is -0.310 e. The molecule has 0 bridgehead atoms. The third-order valence-electron chi connectivity index (χ3n) is 16.2. The number of hydrogen-bond acceptors (Lipinski definition) is 6. The molecule has 15 rings (SSSR count). The lowest BCUT2D eigenvalue weighted by Gasteiger charge is -2.43. The minimum atomic E-state index is -0.0682. The first-order valence-corrected chi connectivity index (χ1v) is 29.2. The fourth-order valence-corrected chi connectivity index (χ4v) is 16.0. The van der Waals surface area contributed by atoms with E-state index in [1.165, 1.54) is 123 Å². The predicted molar refractivity (Wildman–Crippen MR) is 339 cm³/mol. The Hall–Kier alpha value is -7.94. The normalized spacial score (nSPS) is 13.2. The van der Waals surface area contributed by atoms with E-state index < -0.39 is 0 Å². The summed E-state index contributed by atoms with van der Waals surface area (Å²) in [5, 5.41) is 7.76. The van der Waals surface area contributed by atoms with Crippen molar-refractivity contribution < 1.29 is 0 Å². The molecule has 0 atom stereocenters. The van der Waals surface area contributed by atoms with Gasteiger partial charge in [-0.25, -0.2) is 0 Å². The van der Waals surface area contributed by atoms with E-state index in [-0.39, 0.29) is 17.5 Å². The van der Waals surface area contributed by atoms with E-state index >= 15 is 0 Å². The summed E-state index contributed by atoms with van der Waals surface area (Å²) in [6.45, 7) is 13.7. The Kier molecular flexibility index (Phi) is 10.4. The Labute approximate surface area is 462 Å². The summed E-state index contributed by atoms with van der Waals surface area (Å²) in [5.41, 5.74) is 18.5. The Morgan fingerprint density at radius 2 is 0.844 bits per heavy atom. The first kappa shape index (κ1) is 46.4. The lowest BCUT2D eigenvalue weighted by molar-refractivity contribution is 0.590. The highest BCUT2D eigenvalue weighted by Gasteiger charge is 2.46. The van der Waals surface area contributed by atoms with Crippen LogP contribution in [0.15, 0.2) is 218 Å². The minimum absolute atomic E-state index is 0.0242. The molecule has 370 valence electrons. The summed E-state index contributed by atoms with van der Waals surface area (Å²) in [6.07, 6.45) is 0. The smallest absolute Gasteiger partial charge is 0.254 e. The maximum atomic E-state index is 2.64. The van der Waals surface area contributed by atoms with E-state index in [0.717, 1.165) is 17.1 Å². The van der Waals surface area contributed by atoms with E-state index in [9.17, 15) is 0 Å². The number of thiophene rings is 3. The monoisotopic (exact) mass is 1040 g/mol. The number of benzene rings is 10. The van der Waals surface area contributed by atoms with Gasteiger partial charge < -0.3 is 14.7 Å². The molecule has 0 fully saturated rings. The van der Waals surface area contributed by atoms with Crippen LogP contribution in [0.5, 0.6) is 0 Å². The zero-order valence-corrected chi connectivity index (χ0v) is 46.4. The van der Waals surface area contributed by atoms with Crippen LogP contribution in [-0.4, -0.2) is 6.71 Å². The second kappa shape index (κ2) is 17.3. The highest BCUT2D eigenvalue weighted by atomic mass is 32.1. The second-order valence-corrected chi connectivity index (χ2v) is 26.0. The van der Waals surface area contributed by atoms with Crippen molar-refractivity contribution in [2.45, 2.75) is 52.4 Å². The Balaban J connectivity index is 1.03. The molecule has 0 N–H and O–H groups in total. The molecule has 0 spiro atoms. The first-order valence-electron chi connectivity index (χ1n) is 26.8. The van der Waals surface area contributed by atoms with Crippen molar-refractivity contribution >= 4 is 158 Å². The molecule has 3 nitrogen and oxygen atoms in total. The molecule has 0 aliphatic carbocycles. The van der Waals surface area contributed by atoms with Gasteiger partial charge in [0.25, 0.3) is 6.71 Å². The van der Waals surface area contributed by atoms with E-state index in [0.29, 0.717) is 0 Å². The van der Waals surface area contributed by atoms with Crippen molar-refractivity contribution in [3.8, 4) is 11.1 Å². The molecule has 3 aromatic heterocycles. The highest BCUT2D eigenvalue weighted by Crippen LogP contribution is 2.53. The molecular formula is C70H54BN3S3. The van der Waals surface area contributed by atoms with Crippen molar-refractivity contribution in [1.82, 2.24) is 0 Å². The van der Waals surface area contributed by atoms with Crippen LogP contribution in [0.2, 0.25) is 0 Å². The largest absolute Gasteiger partial charge is 0.310 e. The summed E-state index contributed by atoms with van der Waals surface area (Å²) >= 11 is 5.73. The van der Waals surface area contributed by atoms with Crippen LogP contribution in [0.25, 0.3) is 61.6 Å². The molecule has 0 saturated carbocycles. The Morgan fingerprint density at radius 1 is 0.351 bits per heavy atom. The molecule has 77 heavy (non-hydrogen) atoms. The van der Waals surface area contributed by atoms with Crippen LogP contribution >= 0.6 is 34.0 Å². The van der Waals surface area contributed by atoms with Gasteiger partial charge in [0.05, 0.1) is 25.8 Å². The molecule has 0 saturated heterocycles. The molecular weight excluding hydrogens is 990 g/mol. The Bertz CT molecular complexity index is 4440. The van der Waals surface area contributed by atoms with Gasteiger partial charge in [-0.05, 0) is 140 Å². The predicted octanol–water partition coefficient (Wildman–Crippen LogP) is 19.5. The van der Waals surface area contributed by atoms with Crippen LogP contribution in [-0.2, 0) is 10.8 Å². The number of fused-ring (bicyclic) bond motifs is 12. The van der Waals surface area contributed by atoms with Gasteiger partial charge in [-0.3, -0.25) is 0 Å². The summed E-state index contributed by atoms with van der Waals surface area (Å²) in [5.74, 6) is 0. The quantitative estimate of drug-likeness (QED) is 0.154. The molecule has 13 aromatic rings. The van der Waals surface area contributed by atoms with Crippen molar-refractivity contribution in [3.05, 3.63) is 230 Å². The highest BCUT2D eigenvalue weighted by molar-refractivity contribution is 7.28. The second-order valence-electron chi connectivity index (χ2n) is 22.9. The molecule has 0 radical (unpaired) electrons. The van der Waals surface area contributed by atoms with E-state index in [2.05, 4.69) is 275 Å². The fourth-order valence-electron chi connectivity index (χ4n) is 12.4. The number of nitrogens with zero attached hydrogens (tertiary/aromatic N) is 3. The number of anilines is 9. The average Bonchev–Trinajstić information content (AvgIpc) is 4.17. The van der Waals surface area contributed by atoms with Crippen LogP contribution < -0.4 is 31.1 Å². The maximum Gasteiger partial charge on any atom is 0.254 e. The number of hydrogen-bond donors (Lipinski definition) is 0. The van der Waals surface area contributed by atoms with Crippen LogP contribution in [0, 0.1) is 0 Å². The van der Waals surface area contributed by atoms with Gasteiger partial charge in [-0.2, -0.15) is 0 Å². The lowest BCUT2D eigenvalue weighted by Crippen LogP contribution is -2.61. The maximum absolute atomic E-state index is 2.64. The molecule has 10 aromatic carbocycles. The van der Waals surface area contributed by atoms with E-state index in [1.54, 1.807) is 0 Å². The van der Waals surface area contributed by atoms with Crippen molar-refractivity contribution in [2.75, 3.05) is 14.7 Å². The van der Waals surface area contributed by atoms with Crippen molar-refractivity contribution in [1.29, 1.82) is 0 Å². The van der Waals surface area contributed by atoms with Gasteiger partial charge in [0.1, 0.15) is 0 Å². The third kappa shape index (κ3) is 7.28. The van der Waals surface area contributed by atoms with Crippen LogP contribution in [0.1, 0.15) is 52.7 Å². The van der Waals surface area contributed by atoms with E-state index in [4.69, 9.17) is 0 Å². The first-order chi connectivity index (χ1) is 37.5. The summed E-state index contributed by atoms with van der Waals surface area (Å²) in [6, 6.07) is 82.8. The molecule has 7 heteroatoms. The summed E-state index contributed by atoms with van der Waals surface area (Å²) in [7, 11) is 0. The molecule has 0 unspecified atom stereocenters. The zero-order valence-electron chi connectivity index (χ0n) is 43.9. The van der Waals surface area contributed by atoms with Gasteiger partial charge in [-0.15, -0.1) is 34.0 Å². The molecule has 2 aliphatic heterocycles. The lowest BCUT2D eigenvalue weighted by atomic mass is 9.33. The van der Waals surface area contributed by atoms with Gasteiger partial charge in [-0.1, -0.05) is 175 Å². The van der Waals surface area contributed by atoms with Crippen LogP contribution in [0.3, 0.4) is 0 Å². The van der Waals surface area contributed by atoms with Crippen LogP contribution in [0.4, 0.5) is 50.5 Å². The fraction of sp³-hybridized carbons (Fsp3) is 0.114. The summed E-state index contributed by atoms with van der Waals surface area (Å²) < 4.78 is 6.48. The van der Waals surface area contributed by atoms with E-state index in [1.807, 2.05) is 34.0 Å². The molecule has 2 aliphatic rings. The SMILES string of the molecule is CC(C)(C)c1ccc(N(c2ccc(C(C)(C)C)cc2)c2ccc3c(c2)N(c2cccc4c2sc2ccccc24)c2cccc4c2B3c2c(sc3ccc(-c5ccccc5)cc23)N4c2cccc3c2sc2ccccc23)cc1. The third-order valence-corrected chi connectivity index (χ3v) is 19.8. The van der Waals surface area contributed by atoms with Gasteiger partial charge in [0.15, 0.2) is 0 Å². The molecule has 5 heterocycles. The standard InChI is InChI=1S/C70H54BN3S3/c1-69(2,3)45-30-34-47(35-31-45)72(48-36-32-46(33-37-48)70(4,5)6)49-38-39-55-60(42-49)73(58-25-14-21-52-50-19-10-12-27-61(50)75-66(52)58)56-23-16-24-57-65(56)71(55)64-54-41-44(43-17-8-7-9-18-43)29-40-63(54)77-68(64)74(57)59-26-15-22-53-51-20-11-13-28-62(51)76-67(53)59/h7-42H,1-6H3. The van der Waals surface area contributed by atoms with Gasteiger partial charge in [0, 0.05) is 69.8 Å². The van der Waals surface area contributed by atoms with Crippen molar-refractivity contribution in [3.63, 3.8) is 0 Å². The van der Waals surface area contributed by atoms with Gasteiger partial charge in [0.2, 0.25) is 0 Å². The Morgan fingerprint density at radius 3 is 1.44 bits per heavy atom. The number of rotatable bonds is 6. The van der Waals surface area contributed by atoms with Crippen molar-refractivity contribution in [2.24, 2.45) is 0 Å². The molecule has 0 amide bonds. The summed E-state index contributed by atoms with van der Waals surface area (Å²) in [4.78, 5) is 7.73. The average molecular weight is 1040 g/mol.